The van der Waals surface area contributed by atoms with Crippen molar-refractivity contribution in [2.75, 3.05) is 13.7 Å². The minimum atomic E-state index is -3.81. The van der Waals surface area contributed by atoms with E-state index in [1.807, 2.05) is 18.2 Å². The van der Waals surface area contributed by atoms with E-state index in [1.165, 1.54) is 12.1 Å². The maximum atomic E-state index is 12.1. The molecule has 0 radical (unpaired) electrons. The van der Waals surface area contributed by atoms with Crippen molar-refractivity contribution in [3.63, 3.8) is 0 Å². The van der Waals surface area contributed by atoms with Gasteiger partial charge in [0.25, 0.3) is 0 Å². The largest absolute Gasteiger partial charge is 0.467 e. The van der Waals surface area contributed by atoms with Gasteiger partial charge in [0.2, 0.25) is 10.0 Å². The highest BCUT2D eigenvalue weighted by atomic mass is 32.2. The van der Waals surface area contributed by atoms with Gasteiger partial charge in [-0.15, -0.1) is 0 Å². The number of hydrogen-bond acceptors (Lipinski definition) is 5. The van der Waals surface area contributed by atoms with Crippen molar-refractivity contribution in [2.45, 2.75) is 11.0 Å². The van der Waals surface area contributed by atoms with Gasteiger partial charge in [0.1, 0.15) is 0 Å². The van der Waals surface area contributed by atoms with Gasteiger partial charge in [-0.1, -0.05) is 30.3 Å². The van der Waals surface area contributed by atoms with E-state index in [4.69, 9.17) is 0 Å². The Kier molecular flexibility index (Phi) is 4.56. The molecule has 0 saturated heterocycles. The van der Waals surface area contributed by atoms with Crippen LogP contribution in [0.5, 0.6) is 0 Å². The summed E-state index contributed by atoms with van der Waals surface area (Å²) in [5.41, 5.74) is 0. The Bertz CT molecular complexity index is 757. The van der Waals surface area contributed by atoms with E-state index in [0.29, 0.717) is 0 Å². The van der Waals surface area contributed by atoms with Crippen molar-refractivity contribution in [1.82, 2.24) is 4.72 Å². The molecule has 0 aliphatic rings. The first kappa shape index (κ1) is 15.4. The lowest BCUT2D eigenvalue weighted by Gasteiger charge is -2.11. The highest BCUT2D eigenvalue weighted by Crippen LogP contribution is 2.18. The molecule has 21 heavy (non-hydrogen) atoms. The fourth-order valence-corrected chi connectivity index (χ4v) is 2.90. The highest BCUT2D eigenvalue weighted by molar-refractivity contribution is 7.89. The monoisotopic (exact) mass is 309 g/mol. The van der Waals surface area contributed by atoms with Gasteiger partial charge >= 0.3 is 5.97 Å². The third kappa shape index (κ3) is 3.57. The van der Waals surface area contributed by atoms with Gasteiger partial charge in [-0.2, -0.15) is 0 Å². The molecule has 2 rings (SSSR count). The molecule has 0 aliphatic heterocycles. The number of esters is 1. The fourth-order valence-electron chi connectivity index (χ4n) is 1.83. The van der Waals surface area contributed by atoms with E-state index in [1.54, 1.807) is 12.1 Å². The molecule has 0 heterocycles. The number of fused-ring (bicyclic) bond motifs is 1. The summed E-state index contributed by atoms with van der Waals surface area (Å²) in [7, 11) is -2.69. The minimum absolute atomic E-state index is 0.0678. The Balaban J connectivity index is 2.19. The third-order valence-electron chi connectivity index (χ3n) is 2.97. The van der Waals surface area contributed by atoms with Crippen LogP contribution in [0, 0.1) is 0 Å². The standard InChI is InChI=1S/C14H15NO5S/c1-20-14(17)13(16)9-15-21(18,19)12-7-6-10-4-2-3-5-11(10)8-12/h2-8,13,15-16H,9H2,1H3/t13-/m1/s1. The molecule has 1 atom stereocenters. The molecule has 2 aromatic carbocycles. The number of rotatable bonds is 5. The number of hydrogen-bond donors (Lipinski definition) is 2. The first-order chi connectivity index (χ1) is 9.94. The van der Waals surface area contributed by atoms with Crippen molar-refractivity contribution in [1.29, 1.82) is 0 Å². The summed E-state index contributed by atoms with van der Waals surface area (Å²) in [6.45, 7) is -0.443. The molecule has 0 amide bonds. The maximum Gasteiger partial charge on any atom is 0.336 e. The molecular formula is C14H15NO5S. The van der Waals surface area contributed by atoms with Crippen LogP contribution in [0.25, 0.3) is 10.8 Å². The van der Waals surface area contributed by atoms with E-state index in [-0.39, 0.29) is 4.90 Å². The lowest BCUT2D eigenvalue weighted by atomic mass is 10.1. The van der Waals surface area contributed by atoms with Gasteiger partial charge in [0, 0.05) is 6.54 Å². The van der Waals surface area contributed by atoms with E-state index in [2.05, 4.69) is 9.46 Å². The molecule has 0 bridgehead atoms. The number of nitrogens with one attached hydrogen (secondary N) is 1. The molecule has 7 heteroatoms. The number of methoxy groups -OCH3 is 1. The second kappa shape index (κ2) is 6.21. The number of aliphatic hydroxyl groups excluding tert-OH is 1. The summed E-state index contributed by atoms with van der Waals surface area (Å²) < 4.78 is 30.7. The maximum absolute atomic E-state index is 12.1. The number of carbonyl (C=O) groups is 1. The van der Waals surface area contributed by atoms with Crippen molar-refractivity contribution < 1.29 is 23.1 Å². The van der Waals surface area contributed by atoms with Gasteiger partial charge in [-0.25, -0.2) is 17.9 Å². The average Bonchev–Trinajstić information content (AvgIpc) is 2.51. The highest BCUT2D eigenvalue weighted by Gasteiger charge is 2.20. The second-order valence-electron chi connectivity index (χ2n) is 4.40. The summed E-state index contributed by atoms with van der Waals surface area (Å²) in [5.74, 6) is -0.892. The van der Waals surface area contributed by atoms with Crippen LogP contribution in [0.2, 0.25) is 0 Å². The van der Waals surface area contributed by atoms with Crippen molar-refractivity contribution in [3.8, 4) is 0 Å². The van der Waals surface area contributed by atoms with Crippen LogP contribution in [0.1, 0.15) is 0 Å². The Morgan fingerprint density at radius 2 is 1.90 bits per heavy atom. The van der Waals surface area contributed by atoms with Crippen LogP contribution >= 0.6 is 0 Å². The SMILES string of the molecule is COC(=O)[C@H](O)CNS(=O)(=O)c1ccc2ccccc2c1. The quantitative estimate of drug-likeness (QED) is 0.791. The van der Waals surface area contributed by atoms with Gasteiger partial charge in [0.15, 0.2) is 6.10 Å². The molecule has 112 valence electrons. The molecule has 0 aromatic heterocycles. The van der Waals surface area contributed by atoms with E-state index in [0.717, 1.165) is 17.9 Å². The van der Waals surface area contributed by atoms with Crippen LogP contribution in [-0.4, -0.2) is 39.3 Å². The topological polar surface area (TPSA) is 92.7 Å². The first-order valence-electron chi connectivity index (χ1n) is 6.18. The Hall–Kier alpha value is -1.96. The summed E-state index contributed by atoms with van der Waals surface area (Å²) >= 11 is 0. The number of aliphatic hydroxyl groups is 1. The fraction of sp³-hybridized carbons (Fsp3) is 0.214. The number of ether oxygens (including phenoxy) is 1. The second-order valence-corrected chi connectivity index (χ2v) is 6.17. The molecule has 0 unspecified atom stereocenters. The normalized spacial score (nSPS) is 13.0. The molecule has 0 spiro atoms. The van der Waals surface area contributed by atoms with Crippen molar-refractivity contribution in [3.05, 3.63) is 42.5 Å². The molecule has 0 fully saturated rings. The third-order valence-corrected chi connectivity index (χ3v) is 4.39. The molecular weight excluding hydrogens is 294 g/mol. The van der Waals surface area contributed by atoms with Gasteiger partial charge in [-0.05, 0) is 22.9 Å². The lowest BCUT2D eigenvalue weighted by molar-refractivity contribution is -0.149. The minimum Gasteiger partial charge on any atom is -0.467 e. The van der Waals surface area contributed by atoms with Crippen LogP contribution in [0.4, 0.5) is 0 Å². The summed E-state index contributed by atoms with van der Waals surface area (Å²) in [6.07, 6.45) is -1.54. The lowest BCUT2D eigenvalue weighted by Crippen LogP contribution is -2.37. The number of sulfonamides is 1. The Morgan fingerprint density at radius 1 is 1.24 bits per heavy atom. The molecule has 6 nitrogen and oxygen atoms in total. The first-order valence-corrected chi connectivity index (χ1v) is 7.67. The Labute approximate surface area is 122 Å². The van der Waals surface area contributed by atoms with Crippen LogP contribution in [0.3, 0.4) is 0 Å². The predicted octanol–water partition coefficient (Wildman–Crippen LogP) is 0.652. The van der Waals surface area contributed by atoms with Crippen molar-refractivity contribution >= 4 is 26.8 Å². The van der Waals surface area contributed by atoms with Gasteiger partial charge in [0.05, 0.1) is 12.0 Å². The van der Waals surface area contributed by atoms with Crippen LogP contribution in [-0.2, 0) is 19.6 Å². The summed E-state index contributed by atoms with van der Waals surface area (Å²) in [6, 6.07) is 12.0. The van der Waals surface area contributed by atoms with Crippen LogP contribution < -0.4 is 4.72 Å². The van der Waals surface area contributed by atoms with Crippen molar-refractivity contribution in [2.24, 2.45) is 0 Å². The Morgan fingerprint density at radius 3 is 2.57 bits per heavy atom. The molecule has 0 aliphatic carbocycles. The van der Waals surface area contributed by atoms with E-state index < -0.39 is 28.6 Å². The summed E-state index contributed by atoms with van der Waals surface area (Å²) in [4.78, 5) is 11.1. The van der Waals surface area contributed by atoms with Gasteiger partial charge < -0.3 is 9.84 Å². The van der Waals surface area contributed by atoms with E-state index in [9.17, 15) is 18.3 Å². The smallest absolute Gasteiger partial charge is 0.336 e. The summed E-state index contributed by atoms with van der Waals surface area (Å²) in [5, 5.41) is 11.1. The zero-order valence-corrected chi connectivity index (χ0v) is 12.1. The predicted molar refractivity (Wildman–Crippen MR) is 77.2 cm³/mol. The molecule has 2 N–H and O–H groups in total. The van der Waals surface area contributed by atoms with Gasteiger partial charge in [-0.3, -0.25) is 0 Å². The number of carbonyl (C=O) groups excluding carboxylic acids is 1. The van der Waals surface area contributed by atoms with E-state index >= 15 is 0 Å². The zero-order chi connectivity index (χ0) is 15.5. The number of benzene rings is 2. The molecule has 2 aromatic rings. The zero-order valence-electron chi connectivity index (χ0n) is 11.3. The van der Waals surface area contributed by atoms with Crippen LogP contribution in [0.15, 0.2) is 47.4 Å². The molecule has 0 saturated carbocycles. The average molecular weight is 309 g/mol.